The second-order valence-corrected chi connectivity index (χ2v) is 6.50. The van der Waals surface area contributed by atoms with E-state index in [1.807, 2.05) is 6.92 Å². The number of benzene rings is 1. The molecule has 23 heavy (non-hydrogen) atoms. The lowest BCUT2D eigenvalue weighted by Crippen LogP contribution is -2.24. The summed E-state index contributed by atoms with van der Waals surface area (Å²) in [6.45, 7) is 1.76. The van der Waals surface area contributed by atoms with Crippen LogP contribution in [0, 0.1) is 19.3 Å². The van der Waals surface area contributed by atoms with Crippen LogP contribution in [-0.4, -0.2) is 25.9 Å². The number of aromatic nitrogens is 1. The van der Waals surface area contributed by atoms with Gasteiger partial charge < -0.3 is 5.32 Å². The fourth-order valence-corrected chi connectivity index (χ4v) is 2.80. The van der Waals surface area contributed by atoms with E-state index in [9.17, 15) is 13.2 Å². The molecule has 0 unspecified atom stereocenters. The predicted octanol–water partition coefficient (Wildman–Crippen LogP) is 1.55. The van der Waals surface area contributed by atoms with Crippen LogP contribution < -0.4 is 10.0 Å². The molecule has 0 aliphatic carbocycles. The number of carbonyl (C=O) groups excluding carboxylic acids is 1. The first-order chi connectivity index (χ1) is 10.9. The summed E-state index contributed by atoms with van der Waals surface area (Å²) in [4.78, 5) is 16.2. The van der Waals surface area contributed by atoms with Crippen LogP contribution in [0.25, 0.3) is 0 Å². The highest BCUT2D eigenvalue weighted by atomic mass is 32.2. The van der Waals surface area contributed by atoms with E-state index in [2.05, 4.69) is 20.9 Å². The molecule has 1 heterocycles. The van der Waals surface area contributed by atoms with E-state index >= 15 is 0 Å². The maximum absolute atomic E-state index is 12.2. The third-order valence-electron chi connectivity index (χ3n) is 2.93. The molecule has 6 nitrogen and oxygen atoms in total. The number of hydrogen-bond acceptors (Lipinski definition) is 4. The lowest BCUT2D eigenvalue weighted by atomic mass is 10.2. The molecule has 7 heteroatoms. The number of amides is 1. The van der Waals surface area contributed by atoms with Crippen LogP contribution in [0.15, 0.2) is 47.5 Å². The van der Waals surface area contributed by atoms with E-state index in [1.165, 1.54) is 24.3 Å². The average molecular weight is 329 g/mol. The van der Waals surface area contributed by atoms with Gasteiger partial charge in [0, 0.05) is 11.8 Å². The second-order valence-electron chi connectivity index (χ2n) is 4.73. The van der Waals surface area contributed by atoms with Crippen molar-refractivity contribution in [2.24, 2.45) is 0 Å². The van der Waals surface area contributed by atoms with Crippen LogP contribution in [0.3, 0.4) is 0 Å². The SMILES string of the molecule is C#CCNS(=O)(=O)c1cccc(C(=O)Nc2cc(C)ccn2)c1. The van der Waals surface area contributed by atoms with Crippen molar-refractivity contribution < 1.29 is 13.2 Å². The summed E-state index contributed by atoms with van der Waals surface area (Å²) in [6, 6.07) is 9.20. The molecule has 0 bridgehead atoms. The van der Waals surface area contributed by atoms with Gasteiger partial charge in [0.15, 0.2) is 0 Å². The number of anilines is 1. The van der Waals surface area contributed by atoms with E-state index in [0.29, 0.717) is 5.82 Å². The molecule has 2 rings (SSSR count). The summed E-state index contributed by atoms with van der Waals surface area (Å²) in [5, 5.41) is 2.62. The number of terminal acetylenes is 1. The van der Waals surface area contributed by atoms with Crippen molar-refractivity contribution in [3.63, 3.8) is 0 Å². The molecular weight excluding hydrogens is 314 g/mol. The first kappa shape index (κ1) is 16.7. The lowest BCUT2D eigenvalue weighted by Gasteiger charge is -2.08. The average Bonchev–Trinajstić information content (AvgIpc) is 2.53. The summed E-state index contributed by atoms with van der Waals surface area (Å²) in [5.41, 5.74) is 1.15. The quantitative estimate of drug-likeness (QED) is 0.815. The van der Waals surface area contributed by atoms with Crippen molar-refractivity contribution in [1.29, 1.82) is 0 Å². The molecule has 2 N–H and O–H groups in total. The van der Waals surface area contributed by atoms with Crippen LogP contribution in [-0.2, 0) is 10.0 Å². The van der Waals surface area contributed by atoms with Gasteiger partial charge in [0.25, 0.3) is 5.91 Å². The number of rotatable bonds is 5. The van der Waals surface area contributed by atoms with E-state index in [1.54, 1.807) is 18.3 Å². The Morgan fingerprint density at radius 2 is 2.09 bits per heavy atom. The molecule has 0 saturated heterocycles. The van der Waals surface area contributed by atoms with Crippen LogP contribution in [0.4, 0.5) is 5.82 Å². The monoisotopic (exact) mass is 329 g/mol. The molecule has 0 aliphatic heterocycles. The Bertz CT molecular complexity index is 870. The van der Waals surface area contributed by atoms with Crippen LogP contribution in [0.2, 0.25) is 0 Å². The van der Waals surface area contributed by atoms with Gasteiger partial charge >= 0.3 is 0 Å². The summed E-state index contributed by atoms with van der Waals surface area (Å²) in [7, 11) is -3.75. The summed E-state index contributed by atoms with van der Waals surface area (Å²) < 4.78 is 26.3. The molecule has 0 aliphatic rings. The molecule has 1 aromatic carbocycles. The minimum absolute atomic E-state index is 0.0300. The van der Waals surface area contributed by atoms with Gasteiger partial charge in [-0.25, -0.2) is 13.4 Å². The molecule has 118 valence electrons. The number of nitrogens with zero attached hydrogens (tertiary/aromatic N) is 1. The van der Waals surface area contributed by atoms with Crippen molar-refractivity contribution >= 4 is 21.7 Å². The molecular formula is C16H15N3O3S. The zero-order valence-corrected chi connectivity index (χ0v) is 13.2. The van der Waals surface area contributed by atoms with Gasteiger partial charge in [0.05, 0.1) is 11.4 Å². The van der Waals surface area contributed by atoms with E-state index in [0.717, 1.165) is 5.56 Å². The molecule has 1 amide bonds. The van der Waals surface area contributed by atoms with Gasteiger partial charge in [-0.1, -0.05) is 12.0 Å². The minimum Gasteiger partial charge on any atom is -0.307 e. The molecule has 0 radical (unpaired) electrons. The molecule has 0 saturated carbocycles. The molecule has 1 aromatic heterocycles. The number of nitrogens with one attached hydrogen (secondary N) is 2. The highest BCUT2D eigenvalue weighted by Gasteiger charge is 2.15. The Balaban J connectivity index is 2.22. The first-order valence-electron chi connectivity index (χ1n) is 6.69. The van der Waals surface area contributed by atoms with E-state index in [4.69, 9.17) is 6.42 Å². The Labute approximate surface area is 135 Å². The summed E-state index contributed by atoms with van der Waals surface area (Å²) in [5.74, 6) is 2.14. The minimum atomic E-state index is -3.75. The third-order valence-corrected chi connectivity index (χ3v) is 4.33. The predicted molar refractivity (Wildman–Crippen MR) is 87.4 cm³/mol. The van der Waals surface area contributed by atoms with Crippen LogP contribution in [0.1, 0.15) is 15.9 Å². The first-order valence-corrected chi connectivity index (χ1v) is 8.18. The zero-order chi connectivity index (χ0) is 16.9. The Hall–Kier alpha value is -2.69. The third kappa shape index (κ3) is 4.39. The maximum atomic E-state index is 12.2. The fraction of sp³-hybridized carbons (Fsp3) is 0.125. The van der Waals surface area contributed by atoms with Crippen molar-refractivity contribution in [1.82, 2.24) is 9.71 Å². The van der Waals surface area contributed by atoms with E-state index < -0.39 is 15.9 Å². The summed E-state index contributed by atoms with van der Waals surface area (Å²) >= 11 is 0. The topological polar surface area (TPSA) is 88.2 Å². The fourth-order valence-electron chi connectivity index (χ4n) is 1.82. The highest BCUT2D eigenvalue weighted by molar-refractivity contribution is 7.89. The molecule has 2 aromatic rings. The standard InChI is InChI=1S/C16H15N3O3S/c1-3-8-18-23(21,22)14-6-4-5-13(11-14)16(20)19-15-10-12(2)7-9-17-15/h1,4-7,9-11,18H,8H2,2H3,(H,17,19,20). The van der Waals surface area contributed by atoms with Crippen molar-refractivity contribution in [2.45, 2.75) is 11.8 Å². The number of carbonyl (C=O) groups is 1. The highest BCUT2D eigenvalue weighted by Crippen LogP contribution is 2.13. The van der Waals surface area contributed by atoms with Gasteiger partial charge in [-0.05, 0) is 42.8 Å². The number of sulfonamides is 1. The lowest BCUT2D eigenvalue weighted by molar-refractivity contribution is 0.102. The van der Waals surface area contributed by atoms with Gasteiger partial charge in [-0.3, -0.25) is 4.79 Å². The molecule has 0 spiro atoms. The Morgan fingerprint density at radius 1 is 1.30 bits per heavy atom. The van der Waals surface area contributed by atoms with Crippen LogP contribution >= 0.6 is 0 Å². The van der Waals surface area contributed by atoms with Gasteiger partial charge in [0.1, 0.15) is 5.82 Å². The number of hydrogen-bond donors (Lipinski definition) is 2. The van der Waals surface area contributed by atoms with Gasteiger partial charge in [-0.15, -0.1) is 6.42 Å². The van der Waals surface area contributed by atoms with Crippen molar-refractivity contribution in [2.75, 3.05) is 11.9 Å². The van der Waals surface area contributed by atoms with Gasteiger partial charge in [0.2, 0.25) is 10.0 Å². The maximum Gasteiger partial charge on any atom is 0.256 e. The normalized spacial score (nSPS) is 10.8. The van der Waals surface area contributed by atoms with Gasteiger partial charge in [-0.2, -0.15) is 4.72 Å². The summed E-state index contributed by atoms with van der Waals surface area (Å²) in [6.07, 6.45) is 6.62. The van der Waals surface area contributed by atoms with Crippen LogP contribution in [0.5, 0.6) is 0 Å². The largest absolute Gasteiger partial charge is 0.307 e. The Morgan fingerprint density at radius 3 is 2.78 bits per heavy atom. The zero-order valence-electron chi connectivity index (χ0n) is 12.4. The Kier molecular flexibility index (Phi) is 5.11. The number of pyridine rings is 1. The van der Waals surface area contributed by atoms with Crippen molar-refractivity contribution in [3.05, 3.63) is 53.7 Å². The molecule has 0 fully saturated rings. The van der Waals surface area contributed by atoms with Crippen molar-refractivity contribution in [3.8, 4) is 12.3 Å². The van der Waals surface area contributed by atoms with E-state index in [-0.39, 0.29) is 17.0 Å². The number of aryl methyl sites for hydroxylation is 1. The smallest absolute Gasteiger partial charge is 0.256 e. The molecule has 0 atom stereocenters. The second kappa shape index (κ2) is 7.05.